The van der Waals surface area contributed by atoms with Gasteiger partial charge in [-0.3, -0.25) is 9.59 Å². The van der Waals surface area contributed by atoms with Gasteiger partial charge < -0.3 is 39.9 Å². The van der Waals surface area contributed by atoms with Crippen LogP contribution < -0.4 is 10.6 Å². The zero-order valence-corrected chi connectivity index (χ0v) is 34.8. The Morgan fingerprint density at radius 3 is 1.53 bits per heavy atom. The van der Waals surface area contributed by atoms with E-state index >= 15 is 0 Å². The number of hydrogen-bond donors (Lipinski definition) is 4. The van der Waals surface area contributed by atoms with Gasteiger partial charge >= 0.3 is 12.2 Å². The van der Waals surface area contributed by atoms with Gasteiger partial charge in [0.25, 0.3) is 0 Å². The Morgan fingerprint density at radius 2 is 1.05 bits per heavy atom. The molecule has 0 spiro atoms. The molecular weight excluding hydrogens is 761 g/mol. The van der Waals surface area contributed by atoms with Crippen molar-refractivity contribution in [2.75, 3.05) is 14.2 Å². The summed E-state index contributed by atoms with van der Waals surface area (Å²) in [5, 5.41) is 7.68. The predicted molar refractivity (Wildman–Crippen MR) is 225 cm³/mol. The minimum absolute atomic E-state index is 0.0997. The van der Waals surface area contributed by atoms with Gasteiger partial charge in [-0.25, -0.2) is 19.6 Å². The third-order valence-corrected chi connectivity index (χ3v) is 13.0. The topological polar surface area (TPSA) is 175 Å². The standard InChI is InChI=1S/C46H52N8O6/c1-23(2)39(51-45(57)59-5)43(55)53-35-17-31(35)19-37(53)41-47-21-33(49-41)29-9-7-8-25(15-29)26-10-11-28-16-30(13-12-27(28)14-26)34-22-48-42(50-34)38-20-32-18-36(32)54(38)44(56)40(24(3)4)52-46(58)60-6/h7-16,21-24,31-32,35-40H,17-20H2,1-6H3,(H,47,49)(H,48,50)(H,51,57)(H,52,58)/t31-,32+,35-,36+,37+,38-,39?,40+/m1/s1. The van der Waals surface area contributed by atoms with Crippen molar-refractivity contribution in [3.8, 4) is 33.6 Å². The highest BCUT2D eigenvalue weighted by atomic mass is 16.5. The Balaban J connectivity index is 0.907. The highest BCUT2D eigenvalue weighted by Crippen LogP contribution is 2.54. The number of piperidine rings is 2. The first-order chi connectivity index (χ1) is 28.9. The number of nitrogens with one attached hydrogen (secondary N) is 4. The number of imidazole rings is 2. The second kappa shape index (κ2) is 15.4. The third-order valence-electron chi connectivity index (χ3n) is 13.0. The van der Waals surface area contributed by atoms with Crippen molar-refractivity contribution in [1.29, 1.82) is 0 Å². The summed E-state index contributed by atoms with van der Waals surface area (Å²) in [6.07, 6.45) is 6.08. The number of likely N-dealkylation sites (tertiary alicyclic amines) is 2. The zero-order chi connectivity index (χ0) is 42.0. The van der Waals surface area contributed by atoms with Crippen LogP contribution in [-0.2, 0) is 19.1 Å². The van der Waals surface area contributed by atoms with Gasteiger partial charge in [0.15, 0.2) is 0 Å². The lowest BCUT2D eigenvalue weighted by molar-refractivity contribution is -0.137. The summed E-state index contributed by atoms with van der Waals surface area (Å²) < 4.78 is 9.62. The molecule has 0 bridgehead atoms. The highest BCUT2D eigenvalue weighted by molar-refractivity contribution is 5.91. The number of hydrogen-bond acceptors (Lipinski definition) is 8. The number of carbonyl (C=O) groups excluding carboxylic acids is 4. The molecule has 2 saturated carbocycles. The molecule has 9 rings (SSSR count). The molecule has 4 heterocycles. The minimum Gasteiger partial charge on any atom is -0.453 e. The van der Waals surface area contributed by atoms with Crippen LogP contribution in [0.2, 0.25) is 0 Å². The van der Waals surface area contributed by atoms with Crippen LogP contribution in [-0.4, -0.2) is 92.1 Å². The van der Waals surface area contributed by atoms with Crippen LogP contribution in [0.5, 0.6) is 0 Å². The van der Waals surface area contributed by atoms with Gasteiger partial charge in [0, 0.05) is 23.2 Å². The highest BCUT2D eigenvalue weighted by Gasteiger charge is 2.57. The number of alkyl carbamates (subject to hydrolysis) is 2. The second-order valence-corrected chi connectivity index (χ2v) is 17.6. The quantitative estimate of drug-likeness (QED) is 0.107. The van der Waals surface area contributed by atoms with Gasteiger partial charge in [-0.15, -0.1) is 0 Å². The van der Waals surface area contributed by atoms with Crippen LogP contribution in [0.1, 0.15) is 77.1 Å². The number of benzene rings is 3. The summed E-state index contributed by atoms with van der Waals surface area (Å²) in [5.41, 5.74) is 5.89. The third kappa shape index (κ3) is 7.26. The lowest BCUT2D eigenvalue weighted by atomic mass is 9.98. The molecule has 2 aliphatic carbocycles. The Morgan fingerprint density at radius 1 is 0.617 bits per heavy atom. The van der Waals surface area contributed by atoms with Crippen molar-refractivity contribution >= 4 is 34.8 Å². The van der Waals surface area contributed by atoms with Gasteiger partial charge in [-0.05, 0) is 89.5 Å². The summed E-state index contributed by atoms with van der Waals surface area (Å²) in [6.45, 7) is 7.69. The maximum Gasteiger partial charge on any atom is 0.407 e. The van der Waals surface area contributed by atoms with E-state index in [4.69, 9.17) is 19.4 Å². The Bertz CT molecular complexity index is 2470. The van der Waals surface area contributed by atoms with Gasteiger partial charge in [0.05, 0.1) is 50.1 Å². The molecule has 0 radical (unpaired) electrons. The molecule has 5 aromatic rings. The number of aromatic amines is 2. The van der Waals surface area contributed by atoms with Crippen LogP contribution in [0.4, 0.5) is 9.59 Å². The Hall–Kier alpha value is -6.18. The molecule has 3 aromatic carbocycles. The number of ether oxygens (including phenoxy) is 2. The molecule has 2 aliphatic heterocycles. The summed E-state index contributed by atoms with van der Waals surface area (Å²) in [5.74, 6) is 1.98. The molecule has 4 fully saturated rings. The van der Waals surface area contributed by atoms with E-state index in [9.17, 15) is 19.2 Å². The minimum atomic E-state index is -0.683. The van der Waals surface area contributed by atoms with E-state index in [-0.39, 0.29) is 47.8 Å². The van der Waals surface area contributed by atoms with Crippen molar-refractivity contribution in [3.05, 3.63) is 84.7 Å². The number of aromatic nitrogens is 4. The monoisotopic (exact) mass is 812 g/mol. The first kappa shape index (κ1) is 39.3. The fraction of sp³-hybridized carbons (Fsp3) is 0.435. The molecular formula is C46H52N8O6. The number of nitrogens with zero attached hydrogens (tertiary/aromatic N) is 4. The molecule has 8 atom stereocenters. The van der Waals surface area contributed by atoms with Crippen LogP contribution in [0.15, 0.2) is 73.1 Å². The Kier molecular flexibility index (Phi) is 10.1. The molecule has 2 aromatic heterocycles. The van der Waals surface area contributed by atoms with E-state index in [1.807, 2.05) is 56.0 Å². The average molecular weight is 813 g/mol. The predicted octanol–water partition coefficient (Wildman–Crippen LogP) is 7.37. The zero-order valence-electron chi connectivity index (χ0n) is 34.8. The van der Waals surface area contributed by atoms with Crippen LogP contribution in [0, 0.1) is 23.7 Å². The molecule has 4 amide bonds. The van der Waals surface area contributed by atoms with E-state index in [0.29, 0.717) is 11.8 Å². The van der Waals surface area contributed by atoms with Crippen molar-refractivity contribution in [2.45, 2.75) is 89.6 Å². The lowest BCUT2D eigenvalue weighted by Crippen LogP contribution is -2.52. The Labute approximate surface area is 348 Å². The van der Waals surface area contributed by atoms with Crippen molar-refractivity contribution in [2.24, 2.45) is 23.7 Å². The molecule has 60 heavy (non-hydrogen) atoms. The SMILES string of the molecule is COC(=O)NC(C(=O)N1[C@@H]2C[C@@H]2C[C@H]1c1ncc(-c2cccc(-c3ccc4cc(-c5cnc([C@H]6C[C@@H]7C[C@@H]7N6C(=O)[C@@H](NC(=O)OC)C(C)C)[nH]5)ccc4c3)c2)[nH]1)C(C)C. The number of rotatable bonds is 11. The number of carbonyl (C=O) groups is 4. The molecule has 4 aliphatic rings. The summed E-state index contributed by atoms with van der Waals surface area (Å²) >= 11 is 0. The van der Waals surface area contributed by atoms with Crippen LogP contribution in [0.25, 0.3) is 44.4 Å². The fourth-order valence-corrected chi connectivity index (χ4v) is 9.52. The number of fused-ring (bicyclic) bond motifs is 3. The van der Waals surface area contributed by atoms with E-state index in [1.54, 1.807) is 0 Å². The number of amides is 4. The molecule has 14 nitrogen and oxygen atoms in total. The van der Waals surface area contributed by atoms with Crippen LogP contribution in [0.3, 0.4) is 0 Å². The molecule has 312 valence electrons. The van der Waals surface area contributed by atoms with Crippen LogP contribution >= 0.6 is 0 Å². The summed E-state index contributed by atoms with van der Waals surface area (Å²) in [6, 6.07) is 19.8. The average Bonchev–Trinajstić information content (AvgIpc) is 3.83. The van der Waals surface area contributed by atoms with Gasteiger partial charge in [-0.1, -0.05) is 70.2 Å². The van der Waals surface area contributed by atoms with Crippen molar-refractivity contribution < 1.29 is 28.7 Å². The maximum atomic E-state index is 13.9. The summed E-state index contributed by atoms with van der Waals surface area (Å²) in [7, 11) is 2.61. The fourth-order valence-electron chi connectivity index (χ4n) is 9.52. The van der Waals surface area contributed by atoms with E-state index in [0.717, 1.165) is 81.7 Å². The van der Waals surface area contributed by atoms with E-state index in [1.165, 1.54) is 14.2 Å². The molecule has 2 saturated heterocycles. The number of H-pyrrole nitrogens is 2. The number of methoxy groups -OCH3 is 2. The van der Waals surface area contributed by atoms with Gasteiger partial charge in [-0.2, -0.15) is 0 Å². The smallest absolute Gasteiger partial charge is 0.407 e. The maximum absolute atomic E-state index is 13.9. The van der Waals surface area contributed by atoms with E-state index < -0.39 is 24.3 Å². The largest absolute Gasteiger partial charge is 0.453 e. The van der Waals surface area contributed by atoms with Gasteiger partial charge in [0.2, 0.25) is 11.8 Å². The molecule has 4 N–H and O–H groups in total. The first-order valence-corrected chi connectivity index (χ1v) is 21.0. The molecule has 14 heteroatoms. The van der Waals surface area contributed by atoms with Crippen molar-refractivity contribution in [3.63, 3.8) is 0 Å². The van der Waals surface area contributed by atoms with Crippen molar-refractivity contribution in [1.82, 2.24) is 40.4 Å². The first-order valence-electron chi connectivity index (χ1n) is 21.0. The van der Waals surface area contributed by atoms with E-state index in [2.05, 4.69) is 75.2 Å². The van der Waals surface area contributed by atoms with Gasteiger partial charge in [0.1, 0.15) is 23.7 Å². The normalized spacial score (nSPS) is 23.6. The summed E-state index contributed by atoms with van der Waals surface area (Å²) in [4.78, 5) is 72.4. The second-order valence-electron chi connectivity index (χ2n) is 17.6. The molecule has 1 unspecified atom stereocenters. The lowest BCUT2D eigenvalue weighted by Gasteiger charge is -2.31.